The van der Waals surface area contributed by atoms with Crippen LogP contribution in [-0.4, -0.2) is 13.0 Å². The van der Waals surface area contributed by atoms with Crippen LogP contribution in [0.1, 0.15) is 24.0 Å². The third kappa shape index (κ3) is 2.04. The summed E-state index contributed by atoms with van der Waals surface area (Å²) in [5.41, 5.74) is 1.86. The van der Waals surface area contributed by atoms with E-state index in [1.54, 1.807) is 7.11 Å². The molecule has 0 bridgehead atoms. The molecule has 1 aliphatic rings. The lowest BCUT2D eigenvalue weighted by Gasteiger charge is -2.15. The maximum Gasteiger partial charge on any atom is 0.244 e. The van der Waals surface area contributed by atoms with Crippen LogP contribution in [0.25, 0.3) is 0 Å². The predicted octanol–water partition coefficient (Wildman–Crippen LogP) is 2.55. The summed E-state index contributed by atoms with van der Waals surface area (Å²) in [4.78, 5) is 12.0. The molecule has 0 aliphatic heterocycles. The van der Waals surface area contributed by atoms with Gasteiger partial charge in [0, 0.05) is 0 Å². The largest absolute Gasteiger partial charge is 0.495 e. The number of methoxy groups -OCH3 is 1. The van der Waals surface area contributed by atoms with Gasteiger partial charge in [0.15, 0.2) is 0 Å². The number of anilines is 1. The molecule has 2 rings (SSSR count). The van der Waals surface area contributed by atoms with Crippen molar-refractivity contribution < 1.29 is 9.53 Å². The number of hydrogen-bond acceptors (Lipinski definition) is 3. The average Bonchev–Trinajstić information content (AvgIpc) is 3.13. The van der Waals surface area contributed by atoms with Crippen LogP contribution in [0, 0.1) is 30.6 Å². The minimum atomic E-state index is -0.817. The number of carbonyl (C=O) groups excluding carboxylic acids is 1. The van der Waals surface area contributed by atoms with Gasteiger partial charge in [0.1, 0.15) is 11.2 Å². The van der Waals surface area contributed by atoms with Crippen molar-refractivity contribution in [2.75, 3.05) is 12.4 Å². The molecular formula is C14H16N2O2. The number of carbonyl (C=O) groups is 1. The van der Waals surface area contributed by atoms with Gasteiger partial charge < -0.3 is 10.1 Å². The van der Waals surface area contributed by atoms with Crippen LogP contribution in [0.4, 0.5) is 5.69 Å². The third-order valence-corrected chi connectivity index (χ3v) is 3.30. The van der Waals surface area contributed by atoms with E-state index >= 15 is 0 Å². The topological polar surface area (TPSA) is 62.1 Å². The first-order valence-electron chi connectivity index (χ1n) is 5.90. The fourth-order valence-corrected chi connectivity index (χ4v) is 2.00. The van der Waals surface area contributed by atoms with Crippen LogP contribution in [0.15, 0.2) is 12.1 Å². The third-order valence-electron chi connectivity index (χ3n) is 3.30. The SMILES string of the molecule is COc1cc(C)cc(C)c1NC(=O)C1(C#N)CC1. The number of amides is 1. The molecule has 0 saturated heterocycles. The lowest BCUT2D eigenvalue weighted by molar-refractivity contribution is -0.119. The van der Waals surface area contributed by atoms with Gasteiger partial charge in [-0.15, -0.1) is 0 Å². The highest BCUT2D eigenvalue weighted by Gasteiger charge is 2.50. The van der Waals surface area contributed by atoms with Crippen molar-refractivity contribution in [2.24, 2.45) is 5.41 Å². The van der Waals surface area contributed by atoms with Gasteiger partial charge in [-0.25, -0.2) is 0 Å². The Morgan fingerprint density at radius 1 is 1.44 bits per heavy atom. The Morgan fingerprint density at radius 3 is 2.61 bits per heavy atom. The maximum atomic E-state index is 12.0. The zero-order valence-electron chi connectivity index (χ0n) is 10.8. The molecule has 1 aromatic carbocycles. The van der Waals surface area contributed by atoms with Crippen LogP contribution >= 0.6 is 0 Å². The van der Waals surface area contributed by atoms with Gasteiger partial charge in [0.05, 0.1) is 18.9 Å². The summed E-state index contributed by atoms with van der Waals surface area (Å²) in [6, 6.07) is 5.93. The van der Waals surface area contributed by atoms with Crippen molar-refractivity contribution >= 4 is 11.6 Å². The van der Waals surface area contributed by atoms with Crippen molar-refractivity contribution in [3.8, 4) is 11.8 Å². The number of benzene rings is 1. The van der Waals surface area contributed by atoms with E-state index in [-0.39, 0.29) is 5.91 Å². The molecule has 1 amide bonds. The normalized spacial score (nSPS) is 15.7. The molecule has 0 unspecified atom stereocenters. The number of rotatable bonds is 3. The van der Waals surface area contributed by atoms with Crippen LogP contribution < -0.4 is 10.1 Å². The second kappa shape index (κ2) is 4.34. The molecule has 1 N–H and O–H groups in total. The zero-order chi connectivity index (χ0) is 13.3. The van der Waals surface area contributed by atoms with Crippen LogP contribution in [0.2, 0.25) is 0 Å². The molecule has 0 spiro atoms. The first kappa shape index (κ1) is 12.4. The van der Waals surface area contributed by atoms with Crippen molar-refractivity contribution in [2.45, 2.75) is 26.7 Å². The van der Waals surface area contributed by atoms with Crippen molar-refractivity contribution in [1.82, 2.24) is 0 Å². The summed E-state index contributed by atoms with van der Waals surface area (Å²) < 4.78 is 5.28. The van der Waals surface area contributed by atoms with Gasteiger partial charge in [-0.1, -0.05) is 6.07 Å². The van der Waals surface area contributed by atoms with Gasteiger partial charge in [-0.2, -0.15) is 5.26 Å². The second-order valence-corrected chi connectivity index (χ2v) is 4.81. The van der Waals surface area contributed by atoms with Gasteiger partial charge in [0.25, 0.3) is 0 Å². The highest BCUT2D eigenvalue weighted by Crippen LogP contribution is 2.46. The van der Waals surface area contributed by atoms with Gasteiger partial charge in [-0.05, 0) is 43.9 Å². The molecule has 1 aromatic rings. The fourth-order valence-electron chi connectivity index (χ4n) is 2.00. The summed E-state index contributed by atoms with van der Waals surface area (Å²) in [5.74, 6) is 0.407. The molecule has 0 aromatic heterocycles. The molecule has 94 valence electrons. The standard InChI is InChI=1S/C14H16N2O2/c1-9-6-10(2)12(11(7-9)18-3)16-13(17)14(8-15)4-5-14/h6-7H,4-5H2,1-3H3,(H,16,17). The predicted molar refractivity (Wildman–Crippen MR) is 68.4 cm³/mol. The van der Waals surface area contributed by atoms with Crippen LogP contribution in [0.3, 0.4) is 0 Å². The Labute approximate surface area is 107 Å². The van der Waals surface area contributed by atoms with Crippen molar-refractivity contribution in [3.05, 3.63) is 23.3 Å². The van der Waals surface area contributed by atoms with Crippen LogP contribution in [0.5, 0.6) is 5.75 Å². The Balaban J connectivity index is 2.30. The van der Waals surface area contributed by atoms with E-state index in [2.05, 4.69) is 11.4 Å². The van der Waals surface area contributed by atoms with E-state index in [1.165, 1.54) is 0 Å². The lowest BCUT2D eigenvalue weighted by Crippen LogP contribution is -2.23. The molecule has 0 radical (unpaired) electrons. The van der Waals surface area contributed by atoms with Crippen molar-refractivity contribution in [1.29, 1.82) is 5.26 Å². The molecule has 0 atom stereocenters. The zero-order valence-corrected chi connectivity index (χ0v) is 10.8. The monoisotopic (exact) mass is 244 g/mol. The number of aryl methyl sites for hydroxylation is 2. The highest BCUT2D eigenvalue weighted by molar-refractivity contribution is 6.00. The van der Waals surface area contributed by atoms with Crippen molar-refractivity contribution in [3.63, 3.8) is 0 Å². The maximum absolute atomic E-state index is 12.0. The van der Waals surface area contributed by atoms with E-state index in [0.717, 1.165) is 11.1 Å². The summed E-state index contributed by atoms with van der Waals surface area (Å²) >= 11 is 0. The molecule has 1 aliphatic carbocycles. The fraction of sp³-hybridized carbons (Fsp3) is 0.429. The van der Waals surface area contributed by atoms with E-state index in [9.17, 15) is 4.79 Å². The molecule has 1 fully saturated rings. The average molecular weight is 244 g/mol. The molecule has 0 heterocycles. The first-order chi connectivity index (χ1) is 8.52. The quantitative estimate of drug-likeness (QED) is 0.888. The molecule has 1 saturated carbocycles. The highest BCUT2D eigenvalue weighted by atomic mass is 16.5. The summed E-state index contributed by atoms with van der Waals surface area (Å²) in [7, 11) is 1.57. The number of nitrogens with zero attached hydrogens (tertiary/aromatic N) is 1. The number of ether oxygens (including phenoxy) is 1. The number of hydrogen-bond donors (Lipinski definition) is 1. The molecule has 4 nitrogen and oxygen atoms in total. The summed E-state index contributed by atoms with van der Waals surface area (Å²) in [6.07, 6.45) is 1.28. The smallest absolute Gasteiger partial charge is 0.244 e. The first-order valence-corrected chi connectivity index (χ1v) is 5.90. The van der Waals surface area contributed by atoms with Gasteiger partial charge in [-0.3, -0.25) is 4.79 Å². The number of nitrogens with one attached hydrogen (secondary N) is 1. The van der Waals surface area contributed by atoms with E-state index in [4.69, 9.17) is 10.00 Å². The number of nitriles is 1. The van der Waals surface area contributed by atoms with E-state index < -0.39 is 5.41 Å². The molecule has 18 heavy (non-hydrogen) atoms. The lowest BCUT2D eigenvalue weighted by atomic mass is 10.1. The van der Waals surface area contributed by atoms with Gasteiger partial charge in [0.2, 0.25) is 5.91 Å². The summed E-state index contributed by atoms with van der Waals surface area (Å²) in [5, 5.41) is 11.8. The van der Waals surface area contributed by atoms with E-state index in [1.807, 2.05) is 26.0 Å². The Hall–Kier alpha value is -2.02. The van der Waals surface area contributed by atoms with Gasteiger partial charge >= 0.3 is 0 Å². The summed E-state index contributed by atoms with van der Waals surface area (Å²) in [6.45, 7) is 3.88. The Kier molecular flexibility index (Phi) is 3.00. The minimum absolute atomic E-state index is 0.227. The second-order valence-electron chi connectivity index (χ2n) is 4.81. The van der Waals surface area contributed by atoms with Crippen LogP contribution in [-0.2, 0) is 4.79 Å². The van der Waals surface area contributed by atoms with E-state index in [0.29, 0.717) is 24.3 Å². The Morgan fingerprint density at radius 2 is 2.11 bits per heavy atom. The molecule has 4 heteroatoms. The Bertz CT molecular complexity index is 539. The minimum Gasteiger partial charge on any atom is -0.495 e. The molecular weight excluding hydrogens is 228 g/mol.